The Kier molecular flexibility index (Phi) is 7.85. The molecule has 1 saturated carbocycles. The van der Waals surface area contributed by atoms with E-state index in [9.17, 15) is 18.8 Å². The molecular formula is C26H32FN3O5. The van der Waals surface area contributed by atoms with Crippen LogP contribution in [0, 0.1) is 11.7 Å². The van der Waals surface area contributed by atoms with Gasteiger partial charge in [-0.25, -0.2) is 9.18 Å². The van der Waals surface area contributed by atoms with Gasteiger partial charge in [-0.05, 0) is 49.4 Å². The van der Waals surface area contributed by atoms with Crippen LogP contribution in [0.3, 0.4) is 0 Å². The monoisotopic (exact) mass is 485 g/mol. The number of benzene rings is 1. The lowest BCUT2D eigenvalue weighted by Crippen LogP contribution is -2.43. The summed E-state index contributed by atoms with van der Waals surface area (Å²) in [6.07, 6.45) is 5.20. The second-order valence-electron chi connectivity index (χ2n) is 9.17. The molecule has 188 valence electrons. The number of nitrogens with one attached hydrogen (secondary N) is 1. The van der Waals surface area contributed by atoms with Gasteiger partial charge in [-0.2, -0.15) is 0 Å². The standard InChI is InChI=1S/C26H32FN3O5/c1-3-35-26(33)30-16-19(34-2)15-23(30)25(32)28-21-14-18(10-11-20(21)27)22(12-9-17-7-8-17)29-13-5-4-6-24(29)31/h4-6,10-11,13-14,17,19,22-23H,3,7-9,12,15-16H2,1-2H3,(H,28,32)/t19-,22?,23-/m1/s1. The maximum absolute atomic E-state index is 14.8. The van der Waals surface area contributed by atoms with Crippen LogP contribution >= 0.6 is 0 Å². The molecule has 0 radical (unpaired) electrons. The Hall–Kier alpha value is -3.20. The van der Waals surface area contributed by atoms with Gasteiger partial charge in [0.2, 0.25) is 5.91 Å². The average molecular weight is 486 g/mol. The predicted octanol–water partition coefficient (Wildman–Crippen LogP) is 3.95. The van der Waals surface area contributed by atoms with E-state index in [1.165, 1.54) is 37.0 Å². The number of amides is 2. The maximum Gasteiger partial charge on any atom is 0.410 e. The number of hydrogen-bond acceptors (Lipinski definition) is 5. The lowest BCUT2D eigenvalue weighted by Gasteiger charge is -2.24. The van der Waals surface area contributed by atoms with E-state index in [4.69, 9.17) is 9.47 Å². The van der Waals surface area contributed by atoms with Crippen molar-refractivity contribution in [1.29, 1.82) is 0 Å². The van der Waals surface area contributed by atoms with Crippen LogP contribution in [0.5, 0.6) is 0 Å². The van der Waals surface area contributed by atoms with Gasteiger partial charge in [-0.3, -0.25) is 14.5 Å². The highest BCUT2D eigenvalue weighted by Crippen LogP contribution is 2.37. The minimum Gasteiger partial charge on any atom is -0.450 e. The highest BCUT2D eigenvalue weighted by molar-refractivity contribution is 5.97. The molecule has 1 aromatic carbocycles. The fourth-order valence-corrected chi connectivity index (χ4v) is 4.65. The Labute approximate surface area is 204 Å². The van der Waals surface area contributed by atoms with E-state index < -0.39 is 23.9 Å². The number of halogens is 1. The van der Waals surface area contributed by atoms with E-state index >= 15 is 0 Å². The summed E-state index contributed by atoms with van der Waals surface area (Å²) in [5.41, 5.74) is 0.613. The van der Waals surface area contributed by atoms with Crippen molar-refractivity contribution in [2.45, 2.75) is 57.2 Å². The summed E-state index contributed by atoms with van der Waals surface area (Å²) < 4.78 is 26.9. The van der Waals surface area contributed by atoms with Crippen LogP contribution in [0.4, 0.5) is 14.9 Å². The van der Waals surface area contributed by atoms with Crippen molar-refractivity contribution in [3.8, 4) is 0 Å². The van der Waals surface area contributed by atoms with E-state index in [-0.39, 0.29) is 43.0 Å². The molecule has 9 heteroatoms. The number of anilines is 1. The lowest BCUT2D eigenvalue weighted by atomic mass is 9.99. The average Bonchev–Trinajstić information content (AvgIpc) is 3.57. The summed E-state index contributed by atoms with van der Waals surface area (Å²) in [6.45, 7) is 2.09. The number of aromatic nitrogens is 1. The van der Waals surface area contributed by atoms with E-state index in [1.807, 2.05) is 0 Å². The van der Waals surface area contributed by atoms with E-state index in [0.717, 1.165) is 18.4 Å². The van der Waals surface area contributed by atoms with Crippen molar-refractivity contribution in [2.24, 2.45) is 5.92 Å². The molecule has 1 aromatic heterocycles. The summed E-state index contributed by atoms with van der Waals surface area (Å²) >= 11 is 0. The molecule has 8 nitrogen and oxygen atoms in total. The minimum absolute atomic E-state index is 0.0116. The number of nitrogens with zero attached hydrogens (tertiary/aromatic N) is 2. The minimum atomic E-state index is -0.843. The zero-order valence-corrected chi connectivity index (χ0v) is 20.1. The molecule has 1 aliphatic heterocycles. The number of pyridine rings is 1. The summed E-state index contributed by atoms with van der Waals surface area (Å²) in [6, 6.07) is 8.42. The number of carbonyl (C=O) groups is 2. The van der Waals surface area contributed by atoms with Crippen LogP contribution in [-0.4, -0.2) is 53.9 Å². The van der Waals surface area contributed by atoms with Crippen molar-refractivity contribution in [3.63, 3.8) is 0 Å². The van der Waals surface area contributed by atoms with Crippen molar-refractivity contribution in [1.82, 2.24) is 9.47 Å². The van der Waals surface area contributed by atoms with Crippen LogP contribution in [-0.2, 0) is 14.3 Å². The third-order valence-corrected chi connectivity index (χ3v) is 6.77. The van der Waals surface area contributed by atoms with Gasteiger partial charge >= 0.3 is 6.09 Å². The van der Waals surface area contributed by atoms with Gasteiger partial charge in [0.15, 0.2) is 0 Å². The Morgan fingerprint density at radius 3 is 2.71 bits per heavy atom. The molecule has 2 amide bonds. The van der Waals surface area contributed by atoms with Crippen LogP contribution in [0.2, 0.25) is 0 Å². The van der Waals surface area contributed by atoms with E-state index in [0.29, 0.717) is 5.92 Å². The van der Waals surface area contributed by atoms with Crippen molar-refractivity contribution >= 4 is 17.7 Å². The summed E-state index contributed by atoms with van der Waals surface area (Å²) in [5.74, 6) is -0.436. The second kappa shape index (κ2) is 11.0. The number of likely N-dealkylation sites (tertiary alicyclic amines) is 1. The number of rotatable bonds is 9. The van der Waals surface area contributed by atoms with E-state index in [2.05, 4.69) is 5.32 Å². The first kappa shape index (κ1) is 24.9. The highest BCUT2D eigenvalue weighted by atomic mass is 19.1. The van der Waals surface area contributed by atoms with E-state index in [1.54, 1.807) is 42.0 Å². The second-order valence-corrected chi connectivity index (χ2v) is 9.17. The summed E-state index contributed by atoms with van der Waals surface area (Å²) in [7, 11) is 1.52. The van der Waals surface area contributed by atoms with Crippen molar-refractivity contribution in [3.05, 3.63) is 64.3 Å². The molecule has 1 unspecified atom stereocenters. The first-order valence-electron chi connectivity index (χ1n) is 12.1. The molecule has 1 saturated heterocycles. The van der Waals surface area contributed by atoms with Gasteiger partial charge in [0.1, 0.15) is 11.9 Å². The molecule has 35 heavy (non-hydrogen) atoms. The Morgan fingerprint density at radius 2 is 2.03 bits per heavy atom. The first-order chi connectivity index (χ1) is 16.9. The third kappa shape index (κ3) is 5.90. The molecule has 1 N–H and O–H groups in total. The molecule has 4 rings (SSSR count). The van der Waals surface area contributed by atoms with Gasteiger partial charge in [0.25, 0.3) is 5.56 Å². The molecular weight excluding hydrogens is 453 g/mol. The van der Waals surface area contributed by atoms with Crippen LogP contribution in [0.25, 0.3) is 0 Å². The summed E-state index contributed by atoms with van der Waals surface area (Å²) in [4.78, 5) is 39.4. The largest absolute Gasteiger partial charge is 0.450 e. The highest BCUT2D eigenvalue weighted by Gasteiger charge is 2.41. The summed E-state index contributed by atoms with van der Waals surface area (Å²) in [5, 5.41) is 2.66. The van der Waals surface area contributed by atoms with Crippen LogP contribution in [0.15, 0.2) is 47.4 Å². The zero-order chi connectivity index (χ0) is 24.9. The van der Waals surface area contributed by atoms with Gasteiger partial charge in [0, 0.05) is 25.8 Å². The third-order valence-electron chi connectivity index (χ3n) is 6.77. The molecule has 3 atom stereocenters. The fraction of sp³-hybridized carbons (Fsp3) is 0.500. The molecule has 0 bridgehead atoms. The molecule has 2 heterocycles. The quantitative estimate of drug-likeness (QED) is 0.581. The lowest BCUT2D eigenvalue weighted by molar-refractivity contribution is -0.120. The molecule has 0 spiro atoms. The van der Waals surface area contributed by atoms with Gasteiger partial charge in [-0.1, -0.05) is 25.0 Å². The smallest absolute Gasteiger partial charge is 0.410 e. The van der Waals surface area contributed by atoms with Crippen molar-refractivity contribution in [2.75, 3.05) is 25.6 Å². The fourth-order valence-electron chi connectivity index (χ4n) is 4.65. The molecule has 2 aliphatic rings. The van der Waals surface area contributed by atoms with Crippen molar-refractivity contribution < 1.29 is 23.5 Å². The molecule has 1 aliphatic carbocycles. The number of carbonyl (C=O) groups excluding carboxylic acids is 2. The Morgan fingerprint density at radius 1 is 1.23 bits per heavy atom. The first-order valence-corrected chi connectivity index (χ1v) is 12.1. The predicted molar refractivity (Wildman–Crippen MR) is 129 cm³/mol. The number of ether oxygens (including phenoxy) is 2. The van der Waals surface area contributed by atoms with Crippen LogP contribution < -0.4 is 10.9 Å². The molecule has 2 aromatic rings. The topological polar surface area (TPSA) is 89.9 Å². The van der Waals surface area contributed by atoms with Gasteiger partial charge < -0.3 is 19.4 Å². The molecule has 2 fully saturated rings. The normalized spacial score (nSPS) is 20.5. The van der Waals surface area contributed by atoms with Gasteiger partial charge in [0.05, 0.1) is 31.0 Å². The van der Waals surface area contributed by atoms with Gasteiger partial charge in [-0.15, -0.1) is 0 Å². The maximum atomic E-state index is 14.8. The Balaban J connectivity index is 1.58. The SMILES string of the molecule is CCOC(=O)N1C[C@H](OC)C[C@@H]1C(=O)Nc1cc(C(CCC2CC2)n2ccccc2=O)ccc1F. The van der Waals surface area contributed by atoms with Crippen LogP contribution in [0.1, 0.15) is 50.6 Å². The number of hydrogen-bond donors (Lipinski definition) is 1. The zero-order valence-electron chi connectivity index (χ0n) is 20.1. The number of methoxy groups -OCH3 is 1. The Bertz CT molecular complexity index is 1120.